The van der Waals surface area contributed by atoms with E-state index in [2.05, 4.69) is 12.2 Å². The van der Waals surface area contributed by atoms with Crippen LogP contribution in [0.25, 0.3) is 0 Å². The van der Waals surface area contributed by atoms with Gasteiger partial charge in [0.05, 0.1) is 10.0 Å². The van der Waals surface area contributed by atoms with E-state index < -0.39 is 0 Å². The van der Waals surface area contributed by atoms with Gasteiger partial charge in [-0.2, -0.15) is 0 Å². The second-order valence-corrected chi connectivity index (χ2v) is 5.99. The van der Waals surface area contributed by atoms with Gasteiger partial charge in [-0.1, -0.05) is 29.3 Å². The highest BCUT2D eigenvalue weighted by Crippen LogP contribution is 2.27. The Morgan fingerprint density at radius 2 is 1.83 bits per heavy atom. The summed E-state index contributed by atoms with van der Waals surface area (Å²) in [5, 5.41) is 4.87. The average Bonchev–Trinajstić information content (AvgIpc) is 2.35. The molecule has 1 unspecified atom stereocenters. The molecule has 1 atom stereocenters. The molecule has 3 N–H and O–H groups in total. The van der Waals surface area contributed by atoms with Gasteiger partial charge in [0.15, 0.2) is 0 Å². The van der Waals surface area contributed by atoms with Crippen molar-refractivity contribution in [3.8, 4) is 0 Å². The first-order valence-electron chi connectivity index (χ1n) is 6.53. The first kappa shape index (κ1) is 14.1. The molecule has 0 bridgehead atoms. The number of rotatable bonds is 3. The Balaban J connectivity index is 1.94. The average molecular weight is 287 g/mol. The zero-order valence-electron chi connectivity index (χ0n) is 10.6. The maximum Gasteiger partial charge on any atom is 0.0595 e. The Labute approximate surface area is 119 Å². The second kappa shape index (κ2) is 6.25. The molecule has 1 aliphatic carbocycles. The minimum atomic E-state index is 0.291. The van der Waals surface area contributed by atoms with Crippen LogP contribution in [0.5, 0.6) is 0 Å². The number of nitrogens with two attached hydrogens (primary N) is 1. The molecule has 0 aliphatic heterocycles. The Morgan fingerprint density at radius 1 is 1.17 bits per heavy atom. The highest BCUT2D eigenvalue weighted by atomic mass is 35.5. The number of hydrogen-bond donors (Lipinski definition) is 2. The van der Waals surface area contributed by atoms with Crippen molar-refractivity contribution >= 4 is 23.2 Å². The summed E-state index contributed by atoms with van der Waals surface area (Å²) in [6.07, 6.45) is 4.55. The van der Waals surface area contributed by atoms with Crippen LogP contribution in [0.3, 0.4) is 0 Å². The maximum atomic E-state index is 6.04. The van der Waals surface area contributed by atoms with Gasteiger partial charge in [-0.15, -0.1) is 0 Å². The van der Waals surface area contributed by atoms with E-state index in [-0.39, 0.29) is 0 Å². The van der Waals surface area contributed by atoms with Crippen LogP contribution in [0.15, 0.2) is 18.2 Å². The molecule has 0 aromatic heterocycles. The molecule has 0 saturated heterocycles. The van der Waals surface area contributed by atoms with E-state index in [0.29, 0.717) is 28.2 Å². The van der Waals surface area contributed by atoms with Crippen molar-refractivity contribution in [1.82, 2.24) is 5.32 Å². The molecule has 0 heterocycles. The summed E-state index contributed by atoms with van der Waals surface area (Å²) >= 11 is 12.0. The quantitative estimate of drug-likeness (QED) is 0.884. The summed E-state index contributed by atoms with van der Waals surface area (Å²) in [6.45, 7) is 2.16. The van der Waals surface area contributed by atoms with Crippen molar-refractivity contribution in [3.63, 3.8) is 0 Å². The smallest absolute Gasteiger partial charge is 0.0595 e. The largest absolute Gasteiger partial charge is 0.328 e. The molecule has 0 radical (unpaired) electrons. The Hall–Kier alpha value is -0.280. The van der Waals surface area contributed by atoms with Crippen LogP contribution >= 0.6 is 23.2 Å². The minimum Gasteiger partial charge on any atom is -0.328 e. The van der Waals surface area contributed by atoms with Crippen molar-refractivity contribution in [2.45, 2.75) is 50.7 Å². The minimum absolute atomic E-state index is 0.291. The summed E-state index contributed by atoms with van der Waals surface area (Å²) in [5.41, 5.74) is 7.10. The van der Waals surface area contributed by atoms with E-state index in [4.69, 9.17) is 28.9 Å². The molecule has 1 aromatic carbocycles. The zero-order chi connectivity index (χ0) is 13.1. The molecule has 1 fully saturated rings. The lowest BCUT2D eigenvalue weighted by atomic mass is 9.91. The Kier molecular flexibility index (Phi) is 4.91. The van der Waals surface area contributed by atoms with Gasteiger partial charge in [-0.25, -0.2) is 0 Å². The van der Waals surface area contributed by atoms with Gasteiger partial charge in [0.25, 0.3) is 0 Å². The molecule has 18 heavy (non-hydrogen) atoms. The number of nitrogens with one attached hydrogen (secondary N) is 1. The number of benzene rings is 1. The first-order valence-corrected chi connectivity index (χ1v) is 7.28. The summed E-state index contributed by atoms with van der Waals surface area (Å²) in [5.74, 6) is 0. The Morgan fingerprint density at radius 3 is 2.44 bits per heavy atom. The fraction of sp³-hybridized carbons (Fsp3) is 0.571. The van der Waals surface area contributed by atoms with E-state index in [0.717, 1.165) is 25.7 Å². The molecule has 0 spiro atoms. The monoisotopic (exact) mass is 286 g/mol. The fourth-order valence-electron chi connectivity index (χ4n) is 2.52. The van der Waals surface area contributed by atoms with Crippen molar-refractivity contribution in [2.75, 3.05) is 0 Å². The van der Waals surface area contributed by atoms with E-state index in [1.165, 1.54) is 5.56 Å². The van der Waals surface area contributed by atoms with Crippen LogP contribution in [0, 0.1) is 0 Å². The van der Waals surface area contributed by atoms with Crippen LogP contribution in [0.4, 0.5) is 0 Å². The number of hydrogen-bond acceptors (Lipinski definition) is 2. The van der Waals surface area contributed by atoms with E-state index >= 15 is 0 Å². The SMILES string of the molecule is CC(NC1CCC(N)CC1)c1ccc(Cl)c(Cl)c1. The van der Waals surface area contributed by atoms with E-state index in [1.54, 1.807) is 0 Å². The Bertz CT molecular complexity index is 401. The van der Waals surface area contributed by atoms with Gasteiger partial charge in [0, 0.05) is 18.1 Å². The molecule has 1 aromatic rings. The standard InChI is InChI=1S/C14H20Cl2N2/c1-9(10-2-7-13(15)14(16)8-10)18-12-5-3-11(17)4-6-12/h2,7-9,11-12,18H,3-6,17H2,1H3. The highest BCUT2D eigenvalue weighted by molar-refractivity contribution is 6.42. The molecular formula is C14H20Cl2N2. The maximum absolute atomic E-state index is 6.04. The van der Waals surface area contributed by atoms with Gasteiger partial charge in [-0.05, 0) is 50.3 Å². The molecule has 0 amide bonds. The van der Waals surface area contributed by atoms with Crippen LogP contribution in [0.2, 0.25) is 10.0 Å². The van der Waals surface area contributed by atoms with Gasteiger partial charge in [-0.3, -0.25) is 0 Å². The van der Waals surface area contributed by atoms with Gasteiger partial charge in [0.1, 0.15) is 0 Å². The summed E-state index contributed by atoms with van der Waals surface area (Å²) in [7, 11) is 0. The molecule has 100 valence electrons. The molecule has 4 heteroatoms. The summed E-state index contributed by atoms with van der Waals surface area (Å²) in [6, 6.07) is 7.07. The summed E-state index contributed by atoms with van der Waals surface area (Å²) in [4.78, 5) is 0. The third kappa shape index (κ3) is 3.61. The van der Waals surface area contributed by atoms with Crippen LogP contribution in [-0.2, 0) is 0 Å². The zero-order valence-corrected chi connectivity index (χ0v) is 12.1. The topological polar surface area (TPSA) is 38.0 Å². The predicted molar refractivity (Wildman–Crippen MR) is 78.2 cm³/mol. The van der Waals surface area contributed by atoms with Gasteiger partial charge in [0.2, 0.25) is 0 Å². The molecule has 2 nitrogen and oxygen atoms in total. The highest BCUT2D eigenvalue weighted by Gasteiger charge is 2.20. The number of halogens is 2. The van der Waals surface area contributed by atoms with E-state index in [1.807, 2.05) is 18.2 Å². The third-order valence-corrected chi connectivity index (χ3v) is 4.44. The normalized spacial score (nSPS) is 26.0. The van der Waals surface area contributed by atoms with Crippen molar-refractivity contribution in [2.24, 2.45) is 5.73 Å². The third-order valence-electron chi connectivity index (χ3n) is 3.70. The van der Waals surface area contributed by atoms with Crippen molar-refractivity contribution in [1.29, 1.82) is 0 Å². The lowest BCUT2D eigenvalue weighted by molar-refractivity contribution is 0.322. The van der Waals surface area contributed by atoms with Crippen LogP contribution < -0.4 is 11.1 Å². The molecule has 1 aliphatic rings. The molecule has 2 rings (SSSR count). The van der Waals surface area contributed by atoms with E-state index in [9.17, 15) is 0 Å². The lowest BCUT2D eigenvalue weighted by Crippen LogP contribution is -2.38. The predicted octanol–water partition coefficient (Wildman–Crippen LogP) is 3.91. The summed E-state index contributed by atoms with van der Waals surface area (Å²) < 4.78 is 0. The second-order valence-electron chi connectivity index (χ2n) is 5.17. The van der Waals surface area contributed by atoms with Crippen LogP contribution in [0.1, 0.15) is 44.2 Å². The first-order chi connectivity index (χ1) is 8.56. The van der Waals surface area contributed by atoms with Crippen molar-refractivity contribution < 1.29 is 0 Å². The molecule has 1 saturated carbocycles. The molecular weight excluding hydrogens is 267 g/mol. The van der Waals surface area contributed by atoms with Gasteiger partial charge >= 0.3 is 0 Å². The fourth-order valence-corrected chi connectivity index (χ4v) is 2.82. The van der Waals surface area contributed by atoms with Crippen LogP contribution in [-0.4, -0.2) is 12.1 Å². The van der Waals surface area contributed by atoms with Crippen molar-refractivity contribution in [3.05, 3.63) is 33.8 Å². The lowest BCUT2D eigenvalue weighted by Gasteiger charge is -2.29. The van der Waals surface area contributed by atoms with Gasteiger partial charge < -0.3 is 11.1 Å².